The van der Waals surface area contributed by atoms with Gasteiger partial charge in [-0.05, 0) is 111 Å². The molecule has 3 aromatic heterocycles. The van der Waals surface area contributed by atoms with E-state index in [1.54, 1.807) is 18.3 Å². The smallest absolute Gasteiger partial charge is 0.283 e. The summed E-state index contributed by atoms with van der Waals surface area (Å²) in [5.41, 5.74) is 2.40. The predicted octanol–water partition coefficient (Wildman–Crippen LogP) is 10.3. The summed E-state index contributed by atoms with van der Waals surface area (Å²) >= 11 is 8.94. The monoisotopic (exact) mass is 1090 g/mol. The first-order valence-corrected chi connectivity index (χ1v) is 22.0. The van der Waals surface area contributed by atoms with E-state index in [1.165, 1.54) is 84.3 Å². The summed E-state index contributed by atoms with van der Waals surface area (Å²) in [6.45, 7) is 0. The van der Waals surface area contributed by atoms with E-state index < -0.39 is 22.1 Å². The molecule has 0 spiro atoms. The Morgan fingerprint density at radius 2 is 0.897 bits per heavy atom. The maximum absolute atomic E-state index is 11.1. The Labute approximate surface area is 405 Å². The number of halogens is 2. The van der Waals surface area contributed by atoms with Crippen molar-refractivity contribution in [3.63, 3.8) is 0 Å². The number of nitrogens with zero attached hydrogens (tertiary/aromatic N) is 5. The number of benzene rings is 6. The van der Waals surface area contributed by atoms with Crippen molar-refractivity contribution in [2.24, 2.45) is 0 Å². The van der Waals surface area contributed by atoms with Crippen LogP contribution in [0, 0.1) is 10.1 Å². The predicted molar refractivity (Wildman–Crippen MR) is 253 cm³/mol. The molecule has 12 N–H and O–H groups in total. The van der Waals surface area contributed by atoms with Crippen LogP contribution in [0.2, 0.25) is 0 Å². The zero-order valence-corrected chi connectivity index (χ0v) is 38.5. The highest BCUT2D eigenvalue weighted by Gasteiger charge is 2.23. The lowest BCUT2D eigenvalue weighted by Crippen LogP contribution is -1.92. The lowest BCUT2D eigenvalue weighted by Gasteiger charge is -2.04. The Bertz CT molecular complexity index is 3240. The summed E-state index contributed by atoms with van der Waals surface area (Å²) in [6, 6.07) is 20.2. The van der Waals surface area contributed by atoms with E-state index in [2.05, 4.69) is 52.0 Å². The molecule has 0 fully saturated rings. The molecule has 346 valence electrons. The van der Waals surface area contributed by atoms with E-state index in [1.807, 2.05) is 0 Å². The molecule has 24 heteroatoms. The maximum atomic E-state index is 11.1. The molecule has 0 aliphatic heterocycles. The van der Waals surface area contributed by atoms with Crippen molar-refractivity contribution >= 4 is 60.2 Å². The van der Waals surface area contributed by atoms with Crippen LogP contribution in [0.15, 0.2) is 117 Å². The minimum absolute atomic E-state index is 0.00190. The fourth-order valence-corrected chi connectivity index (χ4v) is 8.83. The molecule has 0 atom stereocenters. The van der Waals surface area contributed by atoms with Crippen LogP contribution in [0.4, 0.5) is 5.69 Å². The second kappa shape index (κ2) is 19.6. The van der Waals surface area contributed by atoms with Gasteiger partial charge in [-0.15, -0.1) is 21.5 Å². The molecule has 3 heterocycles. The van der Waals surface area contributed by atoms with Gasteiger partial charge in [0.25, 0.3) is 5.69 Å². The van der Waals surface area contributed by atoms with Gasteiger partial charge in [0.1, 0.15) is 10.0 Å². The molecule has 0 aliphatic carbocycles. The van der Waals surface area contributed by atoms with E-state index >= 15 is 0 Å². The molecule has 68 heavy (non-hydrogen) atoms. The van der Waals surface area contributed by atoms with E-state index in [0.717, 1.165) is 28.3 Å². The minimum atomic E-state index is -0.706. The molecule has 0 bridgehead atoms. The van der Waals surface area contributed by atoms with Crippen molar-refractivity contribution in [3.8, 4) is 134 Å². The van der Waals surface area contributed by atoms with Crippen LogP contribution in [0.5, 0.6) is 69.0 Å². The minimum Gasteiger partial charge on any atom is -0.504 e. The first-order valence-electron chi connectivity index (χ1n) is 18.7. The molecule has 0 unspecified atom stereocenters. The number of phenolic OH excluding ortho intramolecular Hbond substituents is 12. The average Bonchev–Trinajstić information content (AvgIpc) is 4.11. The van der Waals surface area contributed by atoms with Crippen molar-refractivity contribution < 1.29 is 70.6 Å². The van der Waals surface area contributed by atoms with E-state index in [-0.39, 0.29) is 74.0 Å². The third-order valence-corrected chi connectivity index (χ3v) is 12.7. The topological polar surface area (TPSA) is 351 Å². The van der Waals surface area contributed by atoms with Crippen LogP contribution < -0.4 is 0 Å². The number of hydrogen-bond donors (Lipinski definition) is 12. The zero-order valence-electron chi connectivity index (χ0n) is 33.7. The summed E-state index contributed by atoms with van der Waals surface area (Å²) in [5.74, 6) is -3.01. The molecule has 0 amide bonds. The van der Waals surface area contributed by atoms with Gasteiger partial charge in [0.15, 0.2) is 79.8 Å². The van der Waals surface area contributed by atoms with Crippen molar-refractivity contribution in [2.45, 2.75) is 0 Å². The average molecular weight is 1090 g/mol. The number of oxazole rings is 1. The van der Waals surface area contributed by atoms with Gasteiger partial charge in [0.05, 0.1) is 33.2 Å². The normalized spacial score (nSPS) is 10.7. The highest BCUT2D eigenvalue weighted by atomic mass is 79.9. The zero-order chi connectivity index (χ0) is 49.1. The van der Waals surface area contributed by atoms with Crippen molar-refractivity contribution in [1.82, 2.24) is 20.2 Å². The lowest BCUT2D eigenvalue weighted by molar-refractivity contribution is -0.384. The number of nitro groups is 1. The van der Waals surface area contributed by atoms with Crippen molar-refractivity contribution in [2.75, 3.05) is 0 Å². The van der Waals surface area contributed by atoms with E-state index in [4.69, 9.17) is 4.42 Å². The lowest BCUT2D eigenvalue weighted by atomic mass is 10.1. The highest BCUT2D eigenvalue weighted by molar-refractivity contribution is 9.11. The Morgan fingerprint density at radius 1 is 0.456 bits per heavy atom. The molecule has 0 aliphatic rings. The third-order valence-electron chi connectivity index (χ3n) is 9.29. The number of hydrogen-bond acceptors (Lipinski definition) is 21. The van der Waals surface area contributed by atoms with Gasteiger partial charge in [0.2, 0.25) is 5.89 Å². The van der Waals surface area contributed by atoms with E-state index in [0.29, 0.717) is 52.5 Å². The van der Waals surface area contributed by atoms with Crippen LogP contribution >= 0.6 is 54.5 Å². The van der Waals surface area contributed by atoms with Crippen LogP contribution in [-0.4, -0.2) is 86.4 Å². The van der Waals surface area contributed by atoms with Gasteiger partial charge in [-0.1, -0.05) is 11.3 Å². The molecular formula is C44H29Br2N5O15S2. The van der Waals surface area contributed by atoms with E-state index in [9.17, 15) is 71.4 Å². The van der Waals surface area contributed by atoms with Gasteiger partial charge in [-0.3, -0.25) is 10.1 Å². The number of aromatic nitrogens is 4. The summed E-state index contributed by atoms with van der Waals surface area (Å²) < 4.78 is 6.74. The molecule has 9 rings (SSSR count). The fourth-order valence-electron chi connectivity index (χ4n) is 5.85. The molecule has 0 saturated heterocycles. The summed E-state index contributed by atoms with van der Waals surface area (Å²) in [6.07, 6.45) is 3.10. The standard InChI is InChI=1S/C15H10BrNO5.C15H10BrNO4S.C14H9N3O6S/c16-9-5-13(21)12(20)4-8(9)15-17-6-14(22-15)7-1-2-10(18)11(19)3-7;16-9-5-13(21)12(20)4-8(9)14-6-17-15(22-14)7-1-2-10(18)11(19)3-7;18-9-2-1-6(3-10(9)19)13-15-16-14(24-13)7-4-11(20)12(21)5-8(7)17(22)23/h2*1-6,18-21H;1-5,18-21H. The number of aromatic hydroxyl groups is 12. The van der Waals surface area contributed by atoms with Gasteiger partial charge in [-0.25, -0.2) is 9.97 Å². The molecular weight excluding hydrogens is 1060 g/mol. The molecule has 0 saturated carbocycles. The molecule has 0 radical (unpaired) electrons. The van der Waals surface area contributed by atoms with Crippen LogP contribution in [0.3, 0.4) is 0 Å². The quantitative estimate of drug-likeness (QED) is 0.0401. The van der Waals surface area contributed by atoms with Crippen LogP contribution in [0.25, 0.3) is 64.9 Å². The maximum Gasteiger partial charge on any atom is 0.283 e. The first kappa shape index (κ1) is 47.6. The Hall–Kier alpha value is -8.32. The summed E-state index contributed by atoms with van der Waals surface area (Å²) in [4.78, 5) is 19.6. The SMILES string of the molecule is O=[N+]([O-])c1cc(O)c(O)cc1-c1nnc(-c2ccc(O)c(O)c2)s1.Oc1ccc(-c2cnc(-c3cc(O)c(O)cc3Br)o2)cc1O.Oc1ccc(-c2ncc(-c3cc(O)c(O)cc3Br)s2)cc1O. The number of thiazole rings is 1. The number of phenols is 12. The fraction of sp³-hybridized carbons (Fsp3) is 0. The van der Waals surface area contributed by atoms with Gasteiger partial charge >= 0.3 is 0 Å². The molecule has 20 nitrogen and oxygen atoms in total. The van der Waals surface area contributed by atoms with Gasteiger partial charge in [0, 0.05) is 43.5 Å². The Balaban J connectivity index is 0.000000151. The van der Waals surface area contributed by atoms with Crippen molar-refractivity contribution in [3.05, 3.63) is 122 Å². The second-order valence-electron chi connectivity index (χ2n) is 13.8. The Kier molecular flexibility index (Phi) is 13.8. The van der Waals surface area contributed by atoms with Gasteiger partial charge < -0.3 is 65.7 Å². The summed E-state index contributed by atoms with van der Waals surface area (Å²) in [7, 11) is 0. The summed E-state index contributed by atoms with van der Waals surface area (Å²) in [5, 5.41) is 134. The number of nitro benzene ring substituents is 1. The largest absolute Gasteiger partial charge is 0.504 e. The van der Waals surface area contributed by atoms with Crippen LogP contribution in [0.1, 0.15) is 0 Å². The first-order chi connectivity index (χ1) is 32.3. The molecule has 9 aromatic rings. The molecule has 6 aromatic carbocycles. The Morgan fingerprint density at radius 3 is 1.46 bits per heavy atom. The number of rotatable bonds is 7. The van der Waals surface area contributed by atoms with Crippen LogP contribution in [-0.2, 0) is 0 Å². The third kappa shape index (κ3) is 10.4. The highest BCUT2D eigenvalue weighted by Crippen LogP contribution is 2.44. The van der Waals surface area contributed by atoms with Gasteiger partial charge in [-0.2, -0.15) is 0 Å². The second-order valence-corrected chi connectivity index (χ2v) is 17.6. The van der Waals surface area contributed by atoms with Crippen molar-refractivity contribution in [1.29, 1.82) is 0 Å².